The molecule has 1 unspecified atom stereocenters. The van der Waals surface area contributed by atoms with Gasteiger partial charge in [0.2, 0.25) is 0 Å². The van der Waals surface area contributed by atoms with Gasteiger partial charge in [-0.2, -0.15) is 0 Å². The minimum atomic E-state index is -0.451. The van der Waals surface area contributed by atoms with E-state index in [0.29, 0.717) is 13.1 Å². The molecule has 27 heavy (non-hydrogen) atoms. The van der Waals surface area contributed by atoms with Crippen LogP contribution in [0.3, 0.4) is 0 Å². The lowest BCUT2D eigenvalue weighted by Gasteiger charge is -2.42. The number of rotatable bonds is 3. The lowest BCUT2D eigenvalue weighted by molar-refractivity contribution is 0.0136. The molecule has 0 radical (unpaired) electrons. The molecule has 1 atom stereocenters. The summed E-state index contributed by atoms with van der Waals surface area (Å²) >= 11 is 0. The van der Waals surface area contributed by atoms with Gasteiger partial charge in [0.25, 0.3) is 0 Å². The summed E-state index contributed by atoms with van der Waals surface area (Å²) in [5, 5.41) is 3.60. The topological polar surface area (TPSA) is 60.4 Å². The first-order chi connectivity index (χ1) is 12.7. The highest BCUT2D eigenvalue weighted by molar-refractivity contribution is 5.82. The number of aliphatic imine (C=N–C) groups is 1. The smallest absolute Gasteiger partial charge is 0.410 e. The number of hydrogen-bond acceptors (Lipinski definition) is 6. The second-order valence-corrected chi connectivity index (χ2v) is 9.65. The predicted molar refractivity (Wildman–Crippen MR) is 108 cm³/mol. The molecule has 2 fully saturated rings. The second-order valence-electron chi connectivity index (χ2n) is 9.65. The average molecular weight is 380 g/mol. The largest absolute Gasteiger partial charge is 0.444 e. The molecule has 0 aromatic heterocycles. The fourth-order valence-corrected chi connectivity index (χ4v) is 4.13. The number of piperazine rings is 1. The molecular weight excluding hydrogens is 342 g/mol. The molecule has 7 heteroatoms. The van der Waals surface area contributed by atoms with Crippen LogP contribution in [0.4, 0.5) is 4.79 Å². The van der Waals surface area contributed by atoms with Crippen molar-refractivity contribution in [2.24, 2.45) is 4.99 Å². The highest BCUT2D eigenvalue weighted by Crippen LogP contribution is 2.22. The number of carbonyl (C=O) groups is 1. The first kappa shape index (κ1) is 20.2. The first-order valence-electron chi connectivity index (χ1n) is 10.4. The van der Waals surface area contributed by atoms with Gasteiger partial charge in [0.1, 0.15) is 5.60 Å². The van der Waals surface area contributed by atoms with E-state index >= 15 is 0 Å². The molecule has 1 amide bonds. The fraction of sp³-hybridized carbons (Fsp3) is 0.900. The van der Waals surface area contributed by atoms with Crippen molar-refractivity contribution in [3.05, 3.63) is 0 Å². The van der Waals surface area contributed by atoms with E-state index < -0.39 is 5.60 Å². The third-order valence-electron chi connectivity index (χ3n) is 5.75. The van der Waals surface area contributed by atoms with E-state index in [9.17, 15) is 4.79 Å². The number of piperidine rings is 1. The van der Waals surface area contributed by atoms with Crippen LogP contribution in [-0.4, -0.2) is 89.7 Å². The van der Waals surface area contributed by atoms with Gasteiger partial charge in [0.05, 0.1) is 12.6 Å². The SMILES string of the molecule is CC(C)(C)OC(=O)N1CCN2C(NCC(C)(C)N3CCCCC3)=NCC2C1. The van der Waals surface area contributed by atoms with Crippen molar-refractivity contribution in [3.8, 4) is 0 Å². The molecule has 3 aliphatic rings. The predicted octanol–water partition coefficient (Wildman–Crippen LogP) is 2.13. The summed E-state index contributed by atoms with van der Waals surface area (Å²) in [5.41, 5.74) is -0.327. The van der Waals surface area contributed by atoms with Gasteiger partial charge >= 0.3 is 6.09 Å². The molecule has 154 valence electrons. The fourth-order valence-electron chi connectivity index (χ4n) is 4.13. The molecule has 0 aromatic rings. The zero-order valence-corrected chi connectivity index (χ0v) is 17.8. The summed E-state index contributed by atoms with van der Waals surface area (Å²) in [6.07, 6.45) is 3.75. The van der Waals surface area contributed by atoms with Crippen molar-refractivity contribution < 1.29 is 9.53 Å². The maximum absolute atomic E-state index is 12.3. The number of hydrogen-bond donors (Lipinski definition) is 1. The molecule has 0 bridgehead atoms. The van der Waals surface area contributed by atoms with E-state index in [0.717, 1.165) is 25.6 Å². The summed E-state index contributed by atoms with van der Waals surface area (Å²) in [4.78, 5) is 23.8. The van der Waals surface area contributed by atoms with Gasteiger partial charge in [-0.1, -0.05) is 6.42 Å². The van der Waals surface area contributed by atoms with Crippen molar-refractivity contribution in [3.63, 3.8) is 0 Å². The van der Waals surface area contributed by atoms with Crippen molar-refractivity contribution >= 4 is 12.1 Å². The Kier molecular flexibility index (Phi) is 5.89. The highest BCUT2D eigenvalue weighted by Gasteiger charge is 2.37. The molecule has 1 N–H and O–H groups in total. The van der Waals surface area contributed by atoms with Crippen LogP contribution >= 0.6 is 0 Å². The Balaban J connectivity index is 1.49. The molecule has 2 saturated heterocycles. The number of guanidine groups is 1. The van der Waals surface area contributed by atoms with Gasteiger partial charge in [-0.05, 0) is 60.5 Å². The van der Waals surface area contributed by atoms with Crippen LogP contribution in [0.1, 0.15) is 53.9 Å². The van der Waals surface area contributed by atoms with Crippen molar-refractivity contribution in [2.45, 2.75) is 71.1 Å². The average Bonchev–Trinajstić information content (AvgIpc) is 3.02. The summed E-state index contributed by atoms with van der Waals surface area (Å²) < 4.78 is 5.52. The number of amides is 1. The summed E-state index contributed by atoms with van der Waals surface area (Å²) in [5.74, 6) is 0.994. The quantitative estimate of drug-likeness (QED) is 0.814. The number of likely N-dealkylation sites (tertiary alicyclic amines) is 1. The third-order valence-corrected chi connectivity index (χ3v) is 5.75. The zero-order valence-electron chi connectivity index (χ0n) is 17.8. The third kappa shape index (κ3) is 5.06. The molecule has 3 rings (SSSR count). The maximum atomic E-state index is 12.3. The molecule has 3 aliphatic heterocycles. The van der Waals surface area contributed by atoms with Gasteiger partial charge < -0.3 is 19.9 Å². The Labute approximate surface area is 164 Å². The van der Waals surface area contributed by atoms with E-state index in [1.54, 1.807) is 0 Å². The number of fused-ring (bicyclic) bond motifs is 1. The van der Waals surface area contributed by atoms with Crippen molar-refractivity contribution in [1.29, 1.82) is 0 Å². The standard InChI is InChI=1S/C20H37N5O2/c1-19(2,3)27-18(26)23-11-12-25-16(14-23)13-21-17(25)22-15-20(4,5)24-9-7-6-8-10-24/h16H,6-15H2,1-5H3,(H,21,22). The normalized spacial score (nSPS) is 24.5. The molecule has 7 nitrogen and oxygen atoms in total. The summed E-state index contributed by atoms with van der Waals surface area (Å²) in [6, 6.07) is 0.256. The first-order valence-corrected chi connectivity index (χ1v) is 10.4. The number of ether oxygens (including phenoxy) is 1. The monoisotopic (exact) mass is 379 g/mol. The lowest BCUT2D eigenvalue weighted by Crippen LogP contribution is -2.59. The highest BCUT2D eigenvalue weighted by atomic mass is 16.6. The minimum Gasteiger partial charge on any atom is -0.444 e. The van der Waals surface area contributed by atoms with E-state index in [-0.39, 0.29) is 17.7 Å². The van der Waals surface area contributed by atoms with E-state index in [1.165, 1.54) is 32.4 Å². The molecule has 0 spiro atoms. The number of nitrogens with zero attached hydrogens (tertiary/aromatic N) is 4. The maximum Gasteiger partial charge on any atom is 0.410 e. The van der Waals surface area contributed by atoms with Crippen molar-refractivity contribution in [1.82, 2.24) is 20.0 Å². The summed E-state index contributed by atoms with van der Waals surface area (Å²) in [6.45, 7) is 16.6. The molecule has 0 aliphatic carbocycles. The lowest BCUT2D eigenvalue weighted by atomic mass is 9.98. The number of carbonyl (C=O) groups excluding carboxylic acids is 1. The van der Waals surface area contributed by atoms with E-state index in [2.05, 4.69) is 29.0 Å². The Hall–Kier alpha value is -1.50. The second kappa shape index (κ2) is 7.86. The van der Waals surface area contributed by atoms with Gasteiger partial charge in [0.15, 0.2) is 5.96 Å². The molecular formula is C20H37N5O2. The van der Waals surface area contributed by atoms with Gasteiger partial charge in [-0.25, -0.2) is 4.79 Å². The van der Waals surface area contributed by atoms with Gasteiger partial charge in [-0.15, -0.1) is 0 Å². The van der Waals surface area contributed by atoms with Crippen LogP contribution in [0.5, 0.6) is 0 Å². The minimum absolute atomic E-state index is 0.124. The zero-order chi connectivity index (χ0) is 19.7. The Morgan fingerprint density at radius 1 is 1.11 bits per heavy atom. The Bertz CT molecular complexity index is 563. The van der Waals surface area contributed by atoms with Crippen LogP contribution < -0.4 is 5.32 Å². The van der Waals surface area contributed by atoms with Crippen LogP contribution in [0, 0.1) is 0 Å². The Morgan fingerprint density at radius 2 is 1.81 bits per heavy atom. The Morgan fingerprint density at radius 3 is 2.48 bits per heavy atom. The summed E-state index contributed by atoms with van der Waals surface area (Å²) in [7, 11) is 0. The van der Waals surface area contributed by atoms with Crippen LogP contribution in [0.15, 0.2) is 4.99 Å². The molecule has 0 saturated carbocycles. The van der Waals surface area contributed by atoms with Crippen LogP contribution in [0.25, 0.3) is 0 Å². The van der Waals surface area contributed by atoms with E-state index in [4.69, 9.17) is 9.73 Å². The van der Waals surface area contributed by atoms with Gasteiger partial charge in [0, 0.05) is 31.7 Å². The van der Waals surface area contributed by atoms with Crippen LogP contribution in [-0.2, 0) is 4.74 Å². The molecule has 3 heterocycles. The van der Waals surface area contributed by atoms with Gasteiger partial charge in [-0.3, -0.25) is 9.89 Å². The van der Waals surface area contributed by atoms with Crippen molar-refractivity contribution in [2.75, 3.05) is 45.8 Å². The number of nitrogens with one attached hydrogen (secondary N) is 1. The molecule has 0 aromatic carbocycles. The van der Waals surface area contributed by atoms with Crippen LogP contribution in [0.2, 0.25) is 0 Å². The van der Waals surface area contributed by atoms with E-state index in [1.807, 2.05) is 25.7 Å².